The molecule has 1 aromatic rings. The number of halogens is 2. The van der Waals surface area contributed by atoms with Gasteiger partial charge >= 0.3 is 0 Å². The van der Waals surface area contributed by atoms with E-state index in [0.29, 0.717) is 5.56 Å². The average Bonchev–Trinajstić information content (AvgIpc) is 2.19. The Kier molecular flexibility index (Phi) is 3.77. The van der Waals surface area contributed by atoms with Crippen molar-refractivity contribution >= 4 is 0 Å². The van der Waals surface area contributed by atoms with Crippen molar-refractivity contribution < 1.29 is 13.9 Å². The normalized spacial score (nSPS) is 15.4. The van der Waals surface area contributed by atoms with Gasteiger partial charge in [-0.15, -0.1) is 0 Å². The van der Waals surface area contributed by atoms with E-state index in [-0.39, 0.29) is 5.92 Å². The molecule has 0 spiro atoms. The summed E-state index contributed by atoms with van der Waals surface area (Å²) in [6.07, 6.45) is -0.769. The molecular formula is C11H15F2NO. The summed E-state index contributed by atoms with van der Waals surface area (Å²) in [7, 11) is 0. The van der Waals surface area contributed by atoms with Crippen molar-refractivity contribution in [2.24, 2.45) is 11.7 Å². The molecule has 1 aromatic carbocycles. The van der Waals surface area contributed by atoms with Gasteiger partial charge in [-0.25, -0.2) is 8.78 Å². The molecule has 0 aliphatic heterocycles. The molecule has 84 valence electrons. The third kappa shape index (κ3) is 2.73. The zero-order chi connectivity index (χ0) is 11.6. The molecule has 0 aromatic heterocycles. The lowest BCUT2D eigenvalue weighted by atomic mass is 9.94. The van der Waals surface area contributed by atoms with E-state index in [4.69, 9.17) is 5.73 Å². The molecule has 3 N–H and O–H groups in total. The minimum Gasteiger partial charge on any atom is -0.391 e. The maximum Gasteiger partial charge on any atom is 0.159 e. The highest BCUT2D eigenvalue weighted by molar-refractivity contribution is 5.22. The second kappa shape index (κ2) is 4.68. The first-order valence-corrected chi connectivity index (χ1v) is 4.82. The number of hydrogen-bond acceptors (Lipinski definition) is 2. The molecule has 0 aliphatic carbocycles. The van der Waals surface area contributed by atoms with E-state index in [1.54, 1.807) is 0 Å². The van der Waals surface area contributed by atoms with E-state index < -0.39 is 23.8 Å². The number of hydrogen-bond donors (Lipinski definition) is 2. The van der Waals surface area contributed by atoms with Crippen molar-refractivity contribution in [1.29, 1.82) is 0 Å². The quantitative estimate of drug-likeness (QED) is 0.809. The molecule has 0 fully saturated rings. The second-order valence-electron chi connectivity index (χ2n) is 3.93. The molecule has 0 saturated carbocycles. The van der Waals surface area contributed by atoms with Gasteiger partial charge in [0.05, 0.1) is 12.1 Å². The monoisotopic (exact) mass is 215 g/mol. The highest BCUT2D eigenvalue weighted by Crippen LogP contribution is 2.21. The van der Waals surface area contributed by atoms with Crippen LogP contribution in [0.4, 0.5) is 8.78 Å². The smallest absolute Gasteiger partial charge is 0.159 e. The topological polar surface area (TPSA) is 46.2 Å². The summed E-state index contributed by atoms with van der Waals surface area (Å²) in [5.74, 6) is -1.89. The van der Waals surface area contributed by atoms with Crippen molar-refractivity contribution in [1.82, 2.24) is 0 Å². The Morgan fingerprint density at radius 3 is 2.27 bits per heavy atom. The number of benzene rings is 1. The van der Waals surface area contributed by atoms with Gasteiger partial charge in [0.2, 0.25) is 0 Å². The zero-order valence-corrected chi connectivity index (χ0v) is 8.74. The molecule has 2 atom stereocenters. The molecule has 0 unspecified atom stereocenters. The molecule has 0 aliphatic rings. The van der Waals surface area contributed by atoms with Crippen LogP contribution in [0.1, 0.15) is 25.5 Å². The zero-order valence-electron chi connectivity index (χ0n) is 8.74. The van der Waals surface area contributed by atoms with Gasteiger partial charge in [-0.2, -0.15) is 0 Å². The molecule has 0 heterocycles. The van der Waals surface area contributed by atoms with E-state index in [9.17, 15) is 13.9 Å². The van der Waals surface area contributed by atoms with E-state index in [1.165, 1.54) is 6.07 Å². The number of nitrogens with two attached hydrogens (primary N) is 1. The molecule has 4 heteroatoms. The van der Waals surface area contributed by atoms with Crippen molar-refractivity contribution in [2.45, 2.75) is 26.0 Å². The van der Waals surface area contributed by atoms with Crippen molar-refractivity contribution in [2.75, 3.05) is 0 Å². The van der Waals surface area contributed by atoms with Crippen LogP contribution in [0.25, 0.3) is 0 Å². The summed E-state index contributed by atoms with van der Waals surface area (Å²) in [6.45, 7) is 3.62. The van der Waals surface area contributed by atoms with E-state index in [1.807, 2.05) is 13.8 Å². The number of aliphatic hydroxyl groups is 1. The minimum absolute atomic E-state index is 0.0342. The molecule has 15 heavy (non-hydrogen) atoms. The lowest BCUT2D eigenvalue weighted by Crippen LogP contribution is -2.30. The maximum atomic E-state index is 12.9. The summed E-state index contributed by atoms with van der Waals surface area (Å²) < 4.78 is 25.5. The van der Waals surface area contributed by atoms with Crippen LogP contribution >= 0.6 is 0 Å². The fourth-order valence-electron chi connectivity index (χ4n) is 1.33. The van der Waals surface area contributed by atoms with E-state index in [0.717, 1.165) is 12.1 Å². The Morgan fingerprint density at radius 2 is 1.80 bits per heavy atom. The van der Waals surface area contributed by atoms with Crippen LogP contribution in [0.3, 0.4) is 0 Å². The predicted molar refractivity (Wildman–Crippen MR) is 54.1 cm³/mol. The lowest BCUT2D eigenvalue weighted by molar-refractivity contribution is 0.0978. The average molecular weight is 215 g/mol. The van der Waals surface area contributed by atoms with Crippen LogP contribution in [0, 0.1) is 17.6 Å². The molecule has 0 saturated heterocycles. The van der Waals surface area contributed by atoms with E-state index >= 15 is 0 Å². The standard InChI is InChI=1S/C11H15F2NO/c1-6(2)11(15)10(14)7-3-4-8(12)9(13)5-7/h3-6,10-11,15H,14H2,1-2H3/t10-,11+/m1/s1. The van der Waals surface area contributed by atoms with Gasteiger partial charge in [0.15, 0.2) is 11.6 Å². The second-order valence-corrected chi connectivity index (χ2v) is 3.93. The fourth-order valence-corrected chi connectivity index (χ4v) is 1.33. The first-order valence-electron chi connectivity index (χ1n) is 4.82. The SMILES string of the molecule is CC(C)[C@H](O)[C@H](N)c1ccc(F)c(F)c1. The maximum absolute atomic E-state index is 12.9. The minimum atomic E-state index is -0.945. The van der Waals surface area contributed by atoms with Crippen molar-refractivity contribution in [3.05, 3.63) is 35.4 Å². The van der Waals surface area contributed by atoms with Crippen molar-refractivity contribution in [3.8, 4) is 0 Å². The Morgan fingerprint density at radius 1 is 1.20 bits per heavy atom. The first kappa shape index (κ1) is 12.1. The Bertz CT molecular complexity index is 341. The van der Waals surface area contributed by atoms with Crippen molar-refractivity contribution in [3.63, 3.8) is 0 Å². The number of rotatable bonds is 3. The molecule has 1 rings (SSSR count). The van der Waals surface area contributed by atoms with Crippen LogP contribution in [-0.2, 0) is 0 Å². The molecule has 0 radical (unpaired) electrons. The van der Waals surface area contributed by atoms with Crippen LogP contribution in [0.15, 0.2) is 18.2 Å². The Hall–Kier alpha value is -1.00. The largest absolute Gasteiger partial charge is 0.391 e. The summed E-state index contributed by atoms with van der Waals surface area (Å²) in [5.41, 5.74) is 6.12. The van der Waals surface area contributed by atoms with Gasteiger partial charge in [0, 0.05) is 0 Å². The van der Waals surface area contributed by atoms with Gasteiger partial charge in [0.25, 0.3) is 0 Å². The Labute approximate surface area is 87.7 Å². The highest BCUT2D eigenvalue weighted by Gasteiger charge is 2.20. The summed E-state index contributed by atoms with van der Waals surface area (Å²) in [5, 5.41) is 9.67. The third-order valence-electron chi connectivity index (χ3n) is 2.38. The van der Waals surface area contributed by atoms with Crippen LogP contribution < -0.4 is 5.73 Å². The summed E-state index contributed by atoms with van der Waals surface area (Å²) in [6, 6.07) is 2.72. The van der Waals surface area contributed by atoms with Crippen LogP contribution in [0.5, 0.6) is 0 Å². The predicted octanol–water partition coefficient (Wildman–Crippen LogP) is 1.98. The summed E-state index contributed by atoms with van der Waals surface area (Å²) in [4.78, 5) is 0. The van der Waals surface area contributed by atoms with Crippen LogP contribution in [-0.4, -0.2) is 11.2 Å². The van der Waals surface area contributed by atoms with Gasteiger partial charge in [-0.05, 0) is 23.6 Å². The molecule has 0 bridgehead atoms. The van der Waals surface area contributed by atoms with Gasteiger partial charge < -0.3 is 10.8 Å². The molecule has 2 nitrogen and oxygen atoms in total. The number of aliphatic hydroxyl groups excluding tert-OH is 1. The highest BCUT2D eigenvalue weighted by atomic mass is 19.2. The van der Waals surface area contributed by atoms with Crippen LogP contribution in [0.2, 0.25) is 0 Å². The third-order valence-corrected chi connectivity index (χ3v) is 2.38. The first-order chi connectivity index (χ1) is 6.93. The van der Waals surface area contributed by atoms with Gasteiger partial charge in [0.1, 0.15) is 0 Å². The molecule has 0 amide bonds. The van der Waals surface area contributed by atoms with Gasteiger partial charge in [-0.3, -0.25) is 0 Å². The van der Waals surface area contributed by atoms with Gasteiger partial charge in [-0.1, -0.05) is 19.9 Å². The summed E-state index contributed by atoms with van der Waals surface area (Å²) >= 11 is 0. The lowest BCUT2D eigenvalue weighted by Gasteiger charge is -2.22. The van der Waals surface area contributed by atoms with E-state index in [2.05, 4.69) is 0 Å². The fraction of sp³-hybridized carbons (Fsp3) is 0.455. The Balaban J connectivity index is 2.91. The molecular weight excluding hydrogens is 200 g/mol.